The van der Waals surface area contributed by atoms with E-state index in [0.717, 1.165) is 37.8 Å². The monoisotopic (exact) mass is 419 g/mol. The van der Waals surface area contributed by atoms with E-state index >= 15 is 0 Å². The summed E-state index contributed by atoms with van der Waals surface area (Å²) in [6, 6.07) is 18.0. The van der Waals surface area contributed by atoms with E-state index in [9.17, 15) is 8.76 Å². The van der Waals surface area contributed by atoms with E-state index in [0.29, 0.717) is 0 Å². The molecule has 1 unspecified atom stereocenters. The summed E-state index contributed by atoms with van der Waals surface area (Å²) in [5.74, 6) is 0.0221. The molecule has 0 radical (unpaired) electrons. The third-order valence-electron chi connectivity index (χ3n) is 4.55. The Kier molecular flexibility index (Phi) is 5.67. The summed E-state index contributed by atoms with van der Waals surface area (Å²) in [6.07, 6.45) is 3.58. The third-order valence-corrected chi connectivity index (χ3v) is 6.27. The second-order valence-corrected chi connectivity index (χ2v) is 8.85. The Morgan fingerprint density at radius 3 is 2.17 bits per heavy atom. The van der Waals surface area contributed by atoms with Gasteiger partial charge in [-0.05, 0) is 49.2 Å². The Balaban J connectivity index is 1.82. The van der Waals surface area contributed by atoms with Gasteiger partial charge in [-0.25, -0.2) is 4.98 Å². The number of pyridine rings is 1. The molecule has 2 aromatic carbocycles. The van der Waals surface area contributed by atoms with Gasteiger partial charge in [-0.15, -0.1) is 11.3 Å². The number of thiazole rings is 1. The lowest BCUT2D eigenvalue weighted by Gasteiger charge is -2.06. The molecule has 0 aliphatic rings. The van der Waals surface area contributed by atoms with Crippen molar-refractivity contribution in [1.29, 1.82) is 0 Å². The van der Waals surface area contributed by atoms with Crippen molar-refractivity contribution in [1.82, 2.24) is 9.97 Å². The maximum Gasteiger partial charge on any atom is 0.124 e. The summed E-state index contributed by atoms with van der Waals surface area (Å²) in [7, 11) is 0. The summed E-state index contributed by atoms with van der Waals surface area (Å²) in [5.41, 5.74) is 7.26. The number of hydrogen-bond donors (Lipinski definition) is 0. The molecule has 0 amide bonds. The van der Waals surface area contributed by atoms with E-state index in [4.69, 9.17) is 4.98 Å². The lowest BCUT2D eigenvalue weighted by Crippen LogP contribution is -1.92. The maximum absolute atomic E-state index is 10.9. The van der Waals surface area contributed by atoms with Crippen molar-refractivity contribution in [3.05, 3.63) is 83.7 Å². The first-order valence-electron chi connectivity index (χ1n) is 9.14. The van der Waals surface area contributed by atoms with Crippen LogP contribution in [-0.4, -0.2) is 18.7 Å². The van der Waals surface area contributed by atoms with Gasteiger partial charge < -0.3 is 4.55 Å². The van der Waals surface area contributed by atoms with Gasteiger partial charge in [0.25, 0.3) is 0 Å². The van der Waals surface area contributed by atoms with Gasteiger partial charge in [-0.2, -0.15) is 0 Å². The van der Waals surface area contributed by atoms with Crippen molar-refractivity contribution in [2.24, 2.45) is 0 Å². The van der Waals surface area contributed by atoms with Crippen molar-refractivity contribution in [3.63, 3.8) is 0 Å². The molecule has 4 aromatic rings. The zero-order valence-electron chi connectivity index (χ0n) is 16.1. The van der Waals surface area contributed by atoms with Crippen molar-refractivity contribution >= 4 is 22.4 Å². The molecule has 0 saturated carbocycles. The van der Waals surface area contributed by atoms with Gasteiger partial charge in [-0.1, -0.05) is 52.5 Å². The second-order valence-electron chi connectivity index (χ2n) is 6.95. The van der Waals surface area contributed by atoms with Crippen molar-refractivity contribution in [3.8, 4) is 32.3 Å². The van der Waals surface area contributed by atoms with E-state index < -0.39 is 11.1 Å². The summed E-state index contributed by atoms with van der Waals surface area (Å²) >= 11 is -0.459. The minimum absolute atomic E-state index is 0.0221. The van der Waals surface area contributed by atoms with Crippen LogP contribution in [0.3, 0.4) is 0 Å². The minimum atomic E-state index is -2.09. The van der Waals surface area contributed by atoms with Gasteiger partial charge in [0, 0.05) is 29.3 Å². The number of aryl methyl sites for hydroxylation is 2. The van der Waals surface area contributed by atoms with Crippen LogP contribution in [-0.2, 0) is 16.8 Å². The largest absolute Gasteiger partial charge is 0.772 e. The average molecular weight is 420 g/mol. The van der Waals surface area contributed by atoms with Gasteiger partial charge in [0.1, 0.15) is 5.01 Å². The van der Waals surface area contributed by atoms with Crippen LogP contribution in [0.1, 0.15) is 16.7 Å². The Bertz CT molecular complexity index is 1150. The van der Waals surface area contributed by atoms with E-state index in [1.54, 1.807) is 23.7 Å². The zero-order chi connectivity index (χ0) is 20.4. The van der Waals surface area contributed by atoms with E-state index in [1.165, 1.54) is 11.1 Å². The predicted octanol–water partition coefficient (Wildman–Crippen LogP) is 5.54. The maximum atomic E-state index is 10.9. The quantitative estimate of drug-likeness (QED) is 0.399. The molecule has 0 aliphatic carbocycles. The predicted molar refractivity (Wildman–Crippen MR) is 118 cm³/mol. The lowest BCUT2D eigenvalue weighted by molar-refractivity contribution is 0.536. The molecule has 1 atom stereocenters. The SMILES string of the molecule is Cc1cc(C)cc(-c2nc(-c3ccc(CS(=O)[O-])cc3)sc2-c2ccncc2)c1. The molecule has 146 valence electrons. The smallest absolute Gasteiger partial charge is 0.124 e. The highest BCUT2D eigenvalue weighted by Crippen LogP contribution is 2.40. The topological polar surface area (TPSA) is 65.9 Å². The van der Waals surface area contributed by atoms with Crippen LogP contribution in [0.2, 0.25) is 0 Å². The van der Waals surface area contributed by atoms with Crippen LogP contribution < -0.4 is 0 Å². The molecule has 6 heteroatoms. The fourth-order valence-electron chi connectivity index (χ4n) is 3.33. The van der Waals surface area contributed by atoms with Gasteiger partial charge in [0.2, 0.25) is 0 Å². The Morgan fingerprint density at radius 1 is 0.897 bits per heavy atom. The normalized spacial score (nSPS) is 12.1. The van der Waals surface area contributed by atoms with Gasteiger partial charge in [-0.3, -0.25) is 9.19 Å². The first-order valence-corrected chi connectivity index (χ1v) is 11.2. The minimum Gasteiger partial charge on any atom is -0.772 e. The van der Waals surface area contributed by atoms with Crippen molar-refractivity contribution in [2.45, 2.75) is 19.6 Å². The van der Waals surface area contributed by atoms with Gasteiger partial charge in [0.15, 0.2) is 0 Å². The van der Waals surface area contributed by atoms with Gasteiger partial charge >= 0.3 is 0 Å². The van der Waals surface area contributed by atoms with Gasteiger partial charge in [0.05, 0.1) is 10.6 Å². The molecule has 29 heavy (non-hydrogen) atoms. The molecule has 4 nitrogen and oxygen atoms in total. The standard InChI is InChI=1S/C23H20N2O2S2/c1-15-11-16(2)13-20(12-15)21-22(18-7-9-24-10-8-18)28-23(25-21)19-5-3-17(4-6-19)14-29(26)27/h3-13H,14H2,1-2H3,(H,26,27)/p-1. The molecule has 0 saturated heterocycles. The second kappa shape index (κ2) is 8.37. The molecule has 2 aromatic heterocycles. The molecular weight excluding hydrogens is 400 g/mol. The number of nitrogens with zero attached hydrogens (tertiary/aromatic N) is 2. The fourth-order valence-corrected chi connectivity index (χ4v) is 4.89. The van der Waals surface area contributed by atoms with Crippen molar-refractivity contribution in [2.75, 3.05) is 0 Å². The average Bonchev–Trinajstić information content (AvgIpc) is 3.13. The summed E-state index contributed by atoms with van der Waals surface area (Å²) < 4.78 is 21.8. The summed E-state index contributed by atoms with van der Waals surface area (Å²) in [4.78, 5) is 10.2. The molecule has 0 bridgehead atoms. The molecule has 0 N–H and O–H groups in total. The van der Waals surface area contributed by atoms with E-state index in [-0.39, 0.29) is 5.75 Å². The Labute approximate surface area is 176 Å². The fraction of sp³-hybridized carbons (Fsp3) is 0.130. The van der Waals surface area contributed by atoms with Crippen LogP contribution in [0.25, 0.3) is 32.3 Å². The van der Waals surface area contributed by atoms with Crippen LogP contribution in [0.5, 0.6) is 0 Å². The lowest BCUT2D eigenvalue weighted by atomic mass is 10.0. The highest BCUT2D eigenvalue weighted by molar-refractivity contribution is 7.78. The molecule has 0 aliphatic heterocycles. The first-order chi connectivity index (χ1) is 14.0. The Hall–Kier alpha value is -2.67. The van der Waals surface area contributed by atoms with Crippen LogP contribution in [0, 0.1) is 13.8 Å². The van der Waals surface area contributed by atoms with E-state index in [2.05, 4.69) is 37.0 Å². The first kappa shape index (κ1) is 19.6. The summed E-state index contributed by atoms with van der Waals surface area (Å²) in [5, 5.41) is 0.903. The highest BCUT2D eigenvalue weighted by atomic mass is 32.2. The number of rotatable bonds is 5. The summed E-state index contributed by atoms with van der Waals surface area (Å²) in [6.45, 7) is 4.18. The number of benzene rings is 2. The van der Waals surface area contributed by atoms with Crippen LogP contribution in [0.4, 0.5) is 0 Å². The molecule has 2 heterocycles. The third kappa shape index (κ3) is 4.50. The van der Waals surface area contributed by atoms with Crippen LogP contribution in [0.15, 0.2) is 67.0 Å². The zero-order valence-corrected chi connectivity index (χ0v) is 17.7. The van der Waals surface area contributed by atoms with Crippen LogP contribution >= 0.6 is 11.3 Å². The highest BCUT2D eigenvalue weighted by Gasteiger charge is 2.16. The molecule has 0 fully saturated rings. The molecule has 0 spiro atoms. The molecule has 4 rings (SSSR count). The van der Waals surface area contributed by atoms with E-state index in [1.807, 2.05) is 36.4 Å². The number of hydrogen-bond acceptors (Lipinski definition) is 5. The Morgan fingerprint density at radius 2 is 1.55 bits per heavy atom. The number of aromatic nitrogens is 2. The van der Waals surface area contributed by atoms with Crippen molar-refractivity contribution < 1.29 is 8.76 Å². The molecular formula is C23H19N2O2S2-.